The van der Waals surface area contributed by atoms with E-state index in [1.54, 1.807) is 0 Å². The van der Waals surface area contributed by atoms with Crippen molar-refractivity contribution in [3.8, 4) is 0 Å². The Kier molecular flexibility index (Phi) is 4.44. The first kappa shape index (κ1) is 10.5. The Labute approximate surface area is 83.8 Å². The molecule has 14 heavy (non-hydrogen) atoms. The lowest BCUT2D eigenvalue weighted by Crippen LogP contribution is -2.35. The molecular weight excluding hydrogens is 176 g/mol. The zero-order valence-electron chi connectivity index (χ0n) is 8.16. The van der Waals surface area contributed by atoms with Crippen LogP contribution >= 0.6 is 0 Å². The highest BCUT2D eigenvalue weighted by Crippen LogP contribution is 1.99. The fraction of sp³-hybridized carbons (Fsp3) is 0.182. The maximum atomic E-state index is 10.5. The van der Waals surface area contributed by atoms with Gasteiger partial charge in [0.1, 0.15) is 0 Å². The number of rotatable bonds is 4. The maximum absolute atomic E-state index is 10.5. The van der Waals surface area contributed by atoms with Gasteiger partial charge in [-0.15, -0.1) is 0 Å². The smallest absolute Gasteiger partial charge is 0.230 e. The molecule has 1 aromatic rings. The van der Waals surface area contributed by atoms with Crippen LogP contribution in [-0.2, 0) is 4.79 Å². The second-order valence-electron chi connectivity index (χ2n) is 2.88. The number of hydrazine groups is 1. The largest absolute Gasteiger partial charge is 0.292 e. The molecule has 3 nitrogen and oxygen atoms in total. The van der Waals surface area contributed by atoms with Crippen molar-refractivity contribution < 1.29 is 4.79 Å². The lowest BCUT2D eigenvalue weighted by molar-refractivity contribution is -0.119. The first-order chi connectivity index (χ1) is 6.79. The summed E-state index contributed by atoms with van der Waals surface area (Å²) in [6.45, 7) is 2.09. The van der Waals surface area contributed by atoms with Crippen molar-refractivity contribution in [1.29, 1.82) is 0 Å². The van der Waals surface area contributed by atoms with E-state index in [0.29, 0.717) is 6.54 Å². The summed E-state index contributed by atoms with van der Waals surface area (Å²) in [7, 11) is 0. The molecule has 1 aromatic carbocycles. The highest BCUT2D eigenvalue weighted by atomic mass is 16.2. The Hall–Kier alpha value is -1.61. The van der Waals surface area contributed by atoms with E-state index in [1.807, 2.05) is 42.5 Å². The van der Waals surface area contributed by atoms with Crippen LogP contribution in [0.5, 0.6) is 0 Å². The van der Waals surface area contributed by atoms with Crippen LogP contribution in [0.3, 0.4) is 0 Å². The van der Waals surface area contributed by atoms with Crippen molar-refractivity contribution >= 4 is 12.0 Å². The average Bonchev–Trinajstić information content (AvgIpc) is 2.18. The molecule has 0 saturated carbocycles. The number of benzene rings is 1. The van der Waals surface area contributed by atoms with E-state index in [0.717, 1.165) is 5.56 Å². The molecule has 74 valence electrons. The molecule has 0 aliphatic carbocycles. The molecule has 0 atom stereocenters. The van der Waals surface area contributed by atoms with Crippen LogP contribution in [-0.4, -0.2) is 12.5 Å². The summed E-state index contributed by atoms with van der Waals surface area (Å²) >= 11 is 0. The van der Waals surface area contributed by atoms with Gasteiger partial charge in [-0.3, -0.25) is 10.2 Å². The highest BCUT2D eigenvalue weighted by molar-refractivity contribution is 5.72. The molecule has 0 aliphatic rings. The molecule has 0 bridgehead atoms. The van der Waals surface area contributed by atoms with Gasteiger partial charge in [-0.1, -0.05) is 42.5 Å². The number of hydrogen-bond acceptors (Lipinski definition) is 2. The minimum Gasteiger partial charge on any atom is -0.292 e. The van der Waals surface area contributed by atoms with Crippen molar-refractivity contribution in [3.63, 3.8) is 0 Å². The predicted octanol–water partition coefficient (Wildman–Crippen LogP) is 1.34. The Bertz CT molecular complexity index is 306. The molecule has 0 heterocycles. The zero-order chi connectivity index (χ0) is 10.2. The van der Waals surface area contributed by atoms with Crippen molar-refractivity contribution in [2.24, 2.45) is 0 Å². The van der Waals surface area contributed by atoms with Gasteiger partial charge < -0.3 is 0 Å². The van der Waals surface area contributed by atoms with E-state index in [9.17, 15) is 4.79 Å². The SMILES string of the molecule is CC(=O)NNC/C=C/c1ccccc1. The minimum absolute atomic E-state index is 0.0851. The summed E-state index contributed by atoms with van der Waals surface area (Å²) in [5, 5.41) is 0. The molecule has 1 amide bonds. The van der Waals surface area contributed by atoms with Gasteiger partial charge in [0.05, 0.1) is 0 Å². The third kappa shape index (κ3) is 4.42. The molecular formula is C11H14N2O. The van der Waals surface area contributed by atoms with Crippen molar-refractivity contribution in [2.75, 3.05) is 6.54 Å². The van der Waals surface area contributed by atoms with Crippen LogP contribution in [0.15, 0.2) is 36.4 Å². The van der Waals surface area contributed by atoms with E-state index in [-0.39, 0.29) is 5.91 Å². The van der Waals surface area contributed by atoms with E-state index < -0.39 is 0 Å². The van der Waals surface area contributed by atoms with Gasteiger partial charge in [-0.05, 0) is 5.56 Å². The maximum Gasteiger partial charge on any atom is 0.230 e. The molecule has 0 saturated heterocycles. The van der Waals surface area contributed by atoms with Crippen molar-refractivity contribution in [1.82, 2.24) is 10.9 Å². The van der Waals surface area contributed by atoms with Crippen LogP contribution in [0.2, 0.25) is 0 Å². The predicted molar refractivity (Wildman–Crippen MR) is 57.3 cm³/mol. The van der Waals surface area contributed by atoms with Crippen molar-refractivity contribution in [3.05, 3.63) is 42.0 Å². The Morgan fingerprint density at radius 1 is 1.36 bits per heavy atom. The third-order valence-corrected chi connectivity index (χ3v) is 1.59. The summed E-state index contributed by atoms with van der Waals surface area (Å²) in [4.78, 5) is 10.5. The Balaban J connectivity index is 2.25. The fourth-order valence-electron chi connectivity index (χ4n) is 0.994. The monoisotopic (exact) mass is 190 g/mol. The van der Waals surface area contributed by atoms with Crippen LogP contribution in [0.25, 0.3) is 6.08 Å². The van der Waals surface area contributed by atoms with Gasteiger partial charge in [-0.25, -0.2) is 5.43 Å². The molecule has 0 spiro atoms. The van der Waals surface area contributed by atoms with Gasteiger partial charge in [0.2, 0.25) is 5.91 Å². The number of carbonyl (C=O) groups is 1. The first-order valence-electron chi connectivity index (χ1n) is 4.50. The molecule has 0 aromatic heterocycles. The average molecular weight is 190 g/mol. The quantitative estimate of drug-likeness (QED) is 0.555. The summed E-state index contributed by atoms with van der Waals surface area (Å²) < 4.78 is 0. The van der Waals surface area contributed by atoms with E-state index >= 15 is 0 Å². The van der Waals surface area contributed by atoms with Crippen LogP contribution < -0.4 is 10.9 Å². The highest BCUT2D eigenvalue weighted by Gasteiger charge is 1.85. The lowest BCUT2D eigenvalue weighted by Gasteiger charge is -1.99. The molecule has 1 rings (SSSR count). The van der Waals surface area contributed by atoms with Crippen LogP contribution in [0, 0.1) is 0 Å². The molecule has 3 heteroatoms. The molecule has 0 radical (unpaired) electrons. The third-order valence-electron chi connectivity index (χ3n) is 1.59. The fourth-order valence-corrected chi connectivity index (χ4v) is 0.994. The van der Waals surface area contributed by atoms with Crippen LogP contribution in [0.4, 0.5) is 0 Å². The summed E-state index contributed by atoms with van der Waals surface area (Å²) in [6, 6.07) is 10.00. The second-order valence-corrected chi connectivity index (χ2v) is 2.88. The number of nitrogens with one attached hydrogen (secondary N) is 2. The van der Waals surface area contributed by atoms with E-state index in [4.69, 9.17) is 0 Å². The van der Waals surface area contributed by atoms with Crippen molar-refractivity contribution in [2.45, 2.75) is 6.92 Å². The molecule has 2 N–H and O–H groups in total. The summed E-state index contributed by atoms with van der Waals surface area (Å²) in [6.07, 6.45) is 3.94. The first-order valence-corrected chi connectivity index (χ1v) is 4.50. The topological polar surface area (TPSA) is 41.1 Å². The molecule has 0 unspecified atom stereocenters. The Morgan fingerprint density at radius 3 is 2.71 bits per heavy atom. The molecule has 0 fully saturated rings. The summed E-state index contributed by atoms with van der Waals surface area (Å²) in [5.41, 5.74) is 6.41. The number of carbonyl (C=O) groups excluding carboxylic acids is 1. The number of amides is 1. The zero-order valence-corrected chi connectivity index (χ0v) is 8.16. The molecule has 0 aliphatic heterocycles. The summed E-state index contributed by atoms with van der Waals surface area (Å²) in [5.74, 6) is -0.0851. The number of hydrogen-bond donors (Lipinski definition) is 2. The van der Waals surface area contributed by atoms with E-state index in [1.165, 1.54) is 6.92 Å². The minimum atomic E-state index is -0.0851. The van der Waals surface area contributed by atoms with Gasteiger partial charge in [-0.2, -0.15) is 0 Å². The van der Waals surface area contributed by atoms with Crippen LogP contribution in [0.1, 0.15) is 12.5 Å². The van der Waals surface area contributed by atoms with Gasteiger partial charge in [0.15, 0.2) is 0 Å². The van der Waals surface area contributed by atoms with Gasteiger partial charge in [0, 0.05) is 13.5 Å². The standard InChI is InChI=1S/C11H14N2O/c1-10(14)13-12-9-5-8-11-6-3-2-4-7-11/h2-8,12H,9H2,1H3,(H,13,14)/b8-5+. The second kappa shape index (κ2) is 5.94. The normalized spacial score (nSPS) is 10.4. The Morgan fingerprint density at radius 2 is 2.07 bits per heavy atom. The van der Waals surface area contributed by atoms with Gasteiger partial charge >= 0.3 is 0 Å². The lowest BCUT2D eigenvalue weighted by atomic mass is 10.2. The van der Waals surface area contributed by atoms with Gasteiger partial charge in [0.25, 0.3) is 0 Å². The van der Waals surface area contributed by atoms with E-state index in [2.05, 4.69) is 10.9 Å².